The van der Waals surface area contributed by atoms with E-state index in [2.05, 4.69) is 4.74 Å². The van der Waals surface area contributed by atoms with Gasteiger partial charge in [0.25, 0.3) is 0 Å². The molecular weight excluding hydrogens is 292 g/mol. The fourth-order valence-corrected chi connectivity index (χ4v) is 2.77. The number of nitrogens with zero attached hydrogens (tertiary/aromatic N) is 2. The molecule has 0 aliphatic carbocycles. The van der Waals surface area contributed by atoms with Crippen molar-refractivity contribution in [3.8, 4) is 0 Å². The van der Waals surface area contributed by atoms with Crippen LogP contribution in [-0.2, 0) is 26.1 Å². The van der Waals surface area contributed by atoms with Gasteiger partial charge in [-0.1, -0.05) is 19.1 Å². The Hall–Kier alpha value is -1.44. The highest BCUT2D eigenvalue weighted by molar-refractivity contribution is 7.89. The van der Waals surface area contributed by atoms with Crippen LogP contribution in [0.1, 0.15) is 12.5 Å². The van der Waals surface area contributed by atoms with Gasteiger partial charge in [0.15, 0.2) is 0 Å². The fraction of sp³-hybridized carbons (Fsp3) is 0.500. The van der Waals surface area contributed by atoms with Gasteiger partial charge in [-0.25, -0.2) is 12.7 Å². The first-order valence-electron chi connectivity index (χ1n) is 6.62. The quantitative estimate of drug-likeness (QED) is 0.701. The smallest absolute Gasteiger partial charge is 0.319 e. The third-order valence-corrected chi connectivity index (χ3v) is 4.92. The van der Waals surface area contributed by atoms with Crippen molar-refractivity contribution >= 4 is 16.0 Å². The van der Waals surface area contributed by atoms with Crippen LogP contribution < -0.4 is 0 Å². The van der Waals surface area contributed by atoms with E-state index < -0.39 is 10.0 Å². The van der Waals surface area contributed by atoms with Crippen molar-refractivity contribution < 1.29 is 17.9 Å². The molecule has 0 aliphatic heterocycles. The maximum absolute atomic E-state index is 12.1. The largest absolute Gasteiger partial charge is 0.468 e. The summed E-state index contributed by atoms with van der Waals surface area (Å²) in [4.78, 5) is 13.5. The molecule has 1 aromatic carbocycles. The zero-order chi connectivity index (χ0) is 16.0. The van der Waals surface area contributed by atoms with Crippen LogP contribution >= 0.6 is 0 Å². The van der Waals surface area contributed by atoms with Gasteiger partial charge in [-0.2, -0.15) is 0 Å². The normalized spacial score (nSPS) is 11.9. The monoisotopic (exact) mass is 314 g/mol. The second-order valence-electron chi connectivity index (χ2n) is 4.81. The molecule has 0 aromatic heterocycles. The lowest BCUT2D eigenvalue weighted by Gasteiger charge is -2.19. The van der Waals surface area contributed by atoms with E-state index in [1.807, 2.05) is 17.9 Å². The minimum absolute atomic E-state index is 0.178. The predicted molar refractivity (Wildman–Crippen MR) is 80.3 cm³/mol. The number of methoxy groups -OCH3 is 1. The van der Waals surface area contributed by atoms with E-state index in [-0.39, 0.29) is 17.4 Å². The molecule has 0 N–H and O–H groups in total. The predicted octanol–water partition coefficient (Wildman–Crippen LogP) is 0.932. The number of carbonyl (C=O) groups is 1. The van der Waals surface area contributed by atoms with Gasteiger partial charge in [0, 0.05) is 20.6 Å². The van der Waals surface area contributed by atoms with Crippen molar-refractivity contribution in [3.63, 3.8) is 0 Å². The van der Waals surface area contributed by atoms with Gasteiger partial charge in [0.2, 0.25) is 10.0 Å². The minimum atomic E-state index is -3.45. The van der Waals surface area contributed by atoms with Crippen molar-refractivity contribution in [1.29, 1.82) is 0 Å². The Kier molecular flexibility index (Phi) is 6.32. The third kappa shape index (κ3) is 4.80. The summed E-state index contributed by atoms with van der Waals surface area (Å²) in [6, 6.07) is 6.75. The summed E-state index contributed by atoms with van der Waals surface area (Å²) in [5.74, 6) is -0.311. The molecule has 118 valence electrons. The van der Waals surface area contributed by atoms with Gasteiger partial charge < -0.3 is 4.74 Å². The average Bonchev–Trinajstić information content (AvgIpc) is 2.46. The number of esters is 1. The van der Waals surface area contributed by atoms with Gasteiger partial charge in [-0.05, 0) is 24.2 Å². The van der Waals surface area contributed by atoms with Crippen LogP contribution in [0, 0.1) is 0 Å². The van der Waals surface area contributed by atoms with E-state index in [4.69, 9.17) is 0 Å². The molecule has 0 atom stereocenters. The molecule has 1 aromatic rings. The highest BCUT2D eigenvalue weighted by Gasteiger charge is 2.18. The van der Waals surface area contributed by atoms with Crippen molar-refractivity contribution in [3.05, 3.63) is 29.8 Å². The van der Waals surface area contributed by atoms with Crippen molar-refractivity contribution in [2.45, 2.75) is 18.4 Å². The average molecular weight is 314 g/mol. The van der Waals surface area contributed by atoms with E-state index in [0.29, 0.717) is 13.1 Å². The molecule has 0 saturated heterocycles. The Morgan fingerprint density at radius 1 is 1.29 bits per heavy atom. The standard InChI is InChI=1S/C14H22N2O4S/c1-5-16(11-14(17)20-4)10-12-7-6-8-13(9-12)21(18,19)15(2)3/h6-9H,5,10-11H2,1-4H3. The molecule has 0 unspecified atom stereocenters. The molecule has 7 heteroatoms. The topological polar surface area (TPSA) is 66.9 Å². The number of benzene rings is 1. The SMILES string of the molecule is CCN(CC(=O)OC)Cc1cccc(S(=O)(=O)N(C)C)c1. The highest BCUT2D eigenvalue weighted by atomic mass is 32.2. The van der Waals surface area contributed by atoms with Crippen molar-refractivity contribution in [1.82, 2.24) is 9.21 Å². The van der Waals surface area contributed by atoms with E-state index in [1.165, 1.54) is 25.5 Å². The minimum Gasteiger partial charge on any atom is -0.468 e. The zero-order valence-corrected chi connectivity index (χ0v) is 13.7. The lowest BCUT2D eigenvalue weighted by atomic mass is 10.2. The summed E-state index contributed by atoms with van der Waals surface area (Å²) in [5, 5.41) is 0. The molecule has 21 heavy (non-hydrogen) atoms. The first-order chi connectivity index (χ1) is 9.81. The maximum atomic E-state index is 12.1. The van der Waals surface area contributed by atoms with Gasteiger partial charge >= 0.3 is 5.97 Å². The van der Waals surface area contributed by atoms with Crippen LogP contribution in [0.25, 0.3) is 0 Å². The van der Waals surface area contributed by atoms with E-state index >= 15 is 0 Å². The van der Waals surface area contributed by atoms with Gasteiger partial charge in [-0.15, -0.1) is 0 Å². The van der Waals surface area contributed by atoms with E-state index in [0.717, 1.165) is 5.56 Å². The molecule has 0 heterocycles. The second-order valence-corrected chi connectivity index (χ2v) is 6.97. The Balaban J connectivity index is 2.93. The summed E-state index contributed by atoms with van der Waals surface area (Å²) in [7, 11) is 0.896. The number of sulfonamides is 1. The number of likely N-dealkylation sites (N-methyl/N-ethyl adjacent to an activating group) is 1. The lowest BCUT2D eigenvalue weighted by molar-refractivity contribution is -0.142. The molecule has 0 aliphatic rings. The van der Waals surface area contributed by atoms with E-state index in [1.54, 1.807) is 18.2 Å². The molecular formula is C14H22N2O4S. The lowest BCUT2D eigenvalue weighted by Crippen LogP contribution is -2.30. The van der Waals surface area contributed by atoms with Crippen LogP contribution in [0.3, 0.4) is 0 Å². The Morgan fingerprint density at radius 2 is 1.95 bits per heavy atom. The summed E-state index contributed by atoms with van der Waals surface area (Å²) in [6.45, 7) is 3.27. The number of rotatable bonds is 7. The number of carbonyl (C=O) groups excluding carboxylic acids is 1. The number of ether oxygens (including phenoxy) is 1. The van der Waals surface area contributed by atoms with Crippen LogP contribution in [0.5, 0.6) is 0 Å². The molecule has 0 saturated carbocycles. The summed E-state index contributed by atoms with van der Waals surface area (Å²) < 4.78 is 30.0. The first kappa shape index (κ1) is 17.6. The second kappa shape index (κ2) is 7.53. The molecule has 0 bridgehead atoms. The molecule has 1 rings (SSSR count). The summed E-state index contributed by atoms with van der Waals surface area (Å²) in [5.41, 5.74) is 0.837. The Bertz CT molecular complexity index is 584. The van der Waals surface area contributed by atoms with Crippen LogP contribution in [0.4, 0.5) is 0 Å². The van der Waals surface area contributed by atoms with Crippen LogP contribution in [-0.4, -0.2) is 57.9 Å². The summed E-state index contributed by atoms with van der Waals surface area (Å²) >= 11 is 0. The molecule has 6 nitrogen and oxygen atoms in total. The van der Waals surface area contributed by atoms with Crippen molar-refractivity contribution in [2.75, 3.05) is 34.3 Å². The van der Waals surface area contributed by atoms with Crippen molar-refractivity contribution in [2.24, 2.45) is 0 Å². The molecule has 0 amide bonds. The zero-order valence-electron chi connectivity index (χ0n) is 12.9. The Labute approximate surface area is 126 Å². The highest BCUT2D eigenvalue weighted by Crippen LogP contribution is 2.16. The number of hydrogen-bond acceptors (Lipinski definition) is 5. The van der Waals surface area contributed by atoms with Gasteiger partial charge in [0.1, 0.15) is 0 Å². The van der Waals surface area contributed by atoms with E-state index in [9.17, 15) is 13.2 Å². The maximum Gasteiger partial charge on any atom is 0.319 e. The molecule has 0 spiro atoms. The third-order valence-electron chi connectivity index (χ3n) is 3.11. The Morgan fingerprint density at radius 3 is 2.48 bits per heavy atom. The summed E-state index contributed by atoms with van der Waals surface area (Å²) in [6.07, 6.45) is 0. The van der Waals surface area contributed by atoms with Crippen LogP contribution in [0.15, 0.2) is 29.2 Å². The molecule has 0 fully saturated rings. The first-order valence-corrected chi connectivity index (χ1v) is 8.06. The molecule has 0 radical (unpaired) electrons. The van der Waals surface area contributed by atoms with Crippen LogP contribution in [0.2, 0.25) is 0 Å². The van der Waals surface area contributed by atoms with Gasteiger partial charge in [-0.3, -0.25) is 9.69 Å². The fourth-order valence-electron chi connectivity index (χ4n) is 1.80. The van der Waals surface area contributed by atoms with Gasteiger partial charge in [0.05, 0.1) is 18.6 Å². The number of hydrogen-bond donors (Lipinski definition) is 0.